The zero-order valence-electron chi connectivity index (χ0n) is 45.2. The summed E-state index contributed by atoms with van der Waals surface area (Å²) >= 11 is 0. The van der Waals surface area contributed by atoms with Crippen LogP contribution < -0.4 is 10.2 Å². The molecule has 0 bridgehead atoms. The molecule has 0 fully saturated rings. The quantitative estimate of drug-likeness (QED) is 0.0272. The summed E-state index contributed by atoms with van der Waals surface area (Å²) in [7, 11) is 1.22. The van der Waals surface area contributed by atoms with Gasteiger partial charge in [-0.2, -0.15) is 0 Å². The topological polar surface area (TPSA) is 108 Å². The first-order chi connectivity index (χ1) is 34.0. The van der Waals surface area contributed by atoms with Gasteiger partial charge in [0.1, 0.15) is 13.2 Å². The molecule has 0 aromatic rings. The molecule has 0 aromatic carbocycles. The molecule has 70 heavy (non-hydrogen) atoms. The number of nitrogens with zero attached hydrogens (tertiary/aromatic N) is 1. The van der Waals surface area contributed by atoms with Gasteiger partial charge in [-0.25, -0.2) is 0 Å². The normalized spacial score (nSPS) is 15.0. The van der Waals surface area contributed by atoms with Crippen molar-refractivity contribution in [2.75, 3.05) is 40.9 Å². The van der Waals surface area contributed by atoms with Gasteiger partial charge in [-0.1, -0.05) is 218 Å². The lowest BCUT2D eigenvalue weighted by Crippen LogP contribution is -2.45. The number of unbranched alkanes of at least 4 members (excludes halogenated alkanes) is 15. The van der Waals surface area contributed by atoms with E-state index < -0.39 is 26.6 Å². The monoisotopic (exact) mass is 991 g/mol. The highest BCUT2D eigenvalue weighted by Gasteiger charge is 2.23. The van der Waals surface area contributed by atoms with E-state index in [2.05, 4.69) is 141 Å². The highest BCUT2D eigenvalue weighted by atomic mass is 31.2. The Morgan fingerprint density at radius 1 is 0.514 bits per heavy atom. The van der Waals surface area contributed by atoms with Crippen LogP contribution in [0, 0.1) is 0 Å². The highest BCUT2D eigenvalue weighted by Crippen LogP contribution is 2.38. The van der Waals surface area contributed by atoms with Gasteiger partial charge in [0.2, 0.25) is 5.91 Å². The van der Waals surface area contributed by atoms with E-state index in [-0.39, 0.29) is 12.5 Å². The first-order valence-electron chi connectivity index (χ1n) is 27.5. The lowest BCUT2D eigenvalue weighted by Gasteiger charge is -2.29. The largest absolute Gasteiger partial charge is 0.756 e. The fraction of sp³-hybridized carbons (Fsp3) is 0.623. The third-order valence-corrected chi connectivity index (χ3v) is 12.3. The maximum atomic E-state index is 12.9. The van der Waals surface area contributed by atoms with Gasteiger partial charge in [-0.3, -0.25) is 9.36 Å². The number of aliphatic hydroxyl groups is 1. The predicted molar refractivity (Wildman–Crippen MR) is 302 cm³/mol. The van der Waals surface area contributed by atoms with Crippen molar-refractivity contribution in [2.45, 2.75) is 206 Å². The molecule has 0 rings (SSSR count). The zero-order chi connectivity index (χ0) is 51.3. The number of quaternary nitrogens is 1. The van der Waals surface area contributed by atoms with E-state index in [1.54, 1.807) is 6.08 Å². The van der Waals surface area contributed by atoms with Crippen LogP contribution >= 0.6 is 7.82 Å². The minimum Gasteiger partial charge on any atom is -0.756 e. The third kappa shape index (κ3) is 52.5. The van der Waals surface area contributed by atoms with Gasteiger partial charge in [0, 0.05) is 6.42 Å². The number of aliphatic hydroxyl groups excluding tert-OH is 1. The van der Waals surface area contributed by atoms with Gasteiger partial charge in [-0.15, -0.1) is 0 Å². The Kier molecular flexibility index (Phi) is 48.1. The van der Waals surface area contributed by atoms with E-state index >= 15 is 0 Å². The van der Waals surface area contributed by atoms with E-state index in [1.807, 2.05) is 27.2 Å². The highest BCUT2D eigenvalue weighted by molar-refractivity contribution is 7.45. The van der Waals surface area contributed by atoms with Crippen LogP contribution in [0.25, 0.3) is 0 Å². The molecule has 0 aromatic heterocycles. The first kappa shape index (κ1) is 66.6. The molecule has 2 N–H and O–H groups in total. The molecule has 0 heterocycles. The van der Waals surface area contributed by atoms with Crippen molar-refractivity contribution in [3.8, 4) is 0 Å². The molecule has 0 radical (unpaired) electrons. The number of phosphoric acid groups is 1. The Morgan fingerprint density at radius 2 is 0.886 bits per heavy atom. The Hall–Kier alpha value is -3.36. The van der Waals surface area contributed by atoms with E-state index in [1.165, 1.54) is 70.6 Å². The van der Waals surface area contributed by atoms with Crippen molar-refractivity contribution in [1.82, 2.24) is 5.32 Å². The van der Waals surface area contributed by atoms with Crippen LogP contribution in [-0.2, 0) is 18.4 Å². The van der Waals surface area contributed by atoms with Crippen LogP contribution in [0.5, 0.6) is 0 Å². The third-order valence-electron chi connectivity index (χ3n) is 11.3. The van der Waals surface area contributed by atoms with Crippen molar-refractivity contribution in [2.24, 2.45) is 0 Å². The molecule has 3 unspecified atom stereocenters. The molecule has 3 atom stereocenters. The fourth-order valence-corrected chi connectivity index (χ4v) is 7.76. The summed E-state index contributed by atoms with van der Waals surface area (Å²) in [6.07, 6.45) is 76.9. The molecule has 0 spiro atoms. The number of allylic oxidation sites excluding steroid dienone is 21. The van der Waals surface area contributed by atoms with Crippen LogP contribution in [0.2, 0.25) is 0 Å². The number of likely N-dealkylation sites (N-methyl/N-ethyl adjacent to an activating group) is 1. The molecular weight excluding hydrogens is 888 g/mol. The first-order valence-corrected chi connectivity index (χ1v) is 29.0. The van der Waals surface area contributed by atoms with Gasteiger partial charge in [-0.05, 0) is 103 Å². The summed E-state index contributed by atoms with van der Waals surface area (Å²) < 4.78 is 23.2. The number of carbonyl (C=O) groups excluding carboxylic acids is 1. The molecule has 398 valence electrons. The molecular formula is C61H103N2O6P. The van der Waals surface area contributed by atoms with Gasteiger partial charge in [0.05, 0.1) is 39.9 Å². The Bertz CT molecular complexity index is 1590. The van der Waals surface area contributed by atoms with Crippen LogP contribution in [0.3, 0.4) is 0 Å². The van der Waals surface area contributed by atoms with E-state index in [0.29, 0.717) is 17.4 Å². The second-order valence-electron chi connectivity index (χ2n) is 19.2. The number of phosphoric ester groups is 1. The van der Waals surface area contributed by atoms with Crippen LogP contribution in [-0.4, -0.2) is 68.5 Å². The van der Waals surface area contributed by atoms with Gasteiger partial charge in [0.15, 0.2) is 0 Å². The summed E-state index contributed by atoms with van der Waals surface area (Å²) in [5, 5.41) is 13.7. The zero-order valence-corrected chi connectivity index (χ0v) is 46.1. The maximum Gasteiger partial charge on any atom is 0.268 e. The summed E-state index contributed by atoms with van der Waals surface area (Å²) in [6, 6.07) is -0.911. The number of amides is 1. The standard InChI is InChI=1S/C61H103N2O6P/c1-6-8-10-12-14-16-17-18-19-20-21-22-23-24-25-26-27-28-29-30-31-32-33-34-35-36-37-38-39-40-41-42-43-44-45-47-49-51-53-55-61(65)62-59(58-69-70(66,67)68-57-56-63(3,4)5)60(64)54-52-50-48-46-15-13-11-9-7-2/h8,10,14-16,18-19,21-22,24-25,27-28,30-31,33-34,36-37,46,52,54,59-60,64H,6-7,9,11-13,17,20,23,26,29,32,35,38-45,47-51,53,55-58H2,1-5H3,(H-,62,65,66,67)/b10-8-,16-14-,19-18-,22-21-,25-24-,28-27-,31-30-,34-33-,37-36-,46-15+,54-52+. The molecule has 0 aliphatic rings. The minimum absolute atomic E-state index is 0.0134. The lowest BCUT2D eigenvalue weighted by atomic mass is 10.0. The molecule has 0 saturated carbocycles. The van der Waals surface area contributed by atoms with Crippen LogP contribution in [0.1, 0.15) is 194 Å². The molecule has 0 aliphatic heterocycles. The Morgan fingerprint density at radius 3 is 1.33 bits per heavy atom. The number of rotatable bonds is 48. The SMILES string of the molecule is CC/C=C\C/C=C\C/C=C\C/C=C\C/C=C\C/C=C\C/C=C\C/C=C\C/C=C\CCCCCCCCCCCCCC(=O)NC(COP(=O)([O-])OCC[N+](C)(C)C)C(O)/C=C/CC/C=C/CCCCC. The second kappa shape index (κ2) is 50.6. The van der Waals surface area contributed by atoms with Crippen molar-refractivity contribution < 1.29 is 32.9 Å². The Balaban J connectivity index is 4.03. The van der Waals surface area contributed by atoms with E-state index in [4.69, 9.17) is 9.05 Å². The van der Waals surface area contributed by atoms with Gasteiger partial charge in [0.25, 0.3) is 7.82 Å². The minimum atomic E-state index is -4.60. The van der Waals surface area contributed by atoms with E-state index in [9.17, 15) is 19.4 Å². The number of carbonyl (C=O) groups is 1. The Labute approximate surface area is 430 Å². The van der Waals surface area contributed by atoms with Crippen molar-refractivity contribution >= 4 is 13.7 Å². The maximum absolute atomic E-state index is 12.9. The second-order valence-corrected chi connectivity index (χ2v) is 20.6. The average molecular weight is 991 g/mol. The molecule has 0 saturated heterocycles. The summed E-state index contributed by atoms with van der Waals surface area (Å²) in [5.74, 6) is -0.220. The molecule has 0 aliphatic carbocycles. The molecule has 1 amide bonds. The fourth-order valence-electron chi connectivity index (χ4n) is 7.04. The number of nitrogens with one attached hydrogen (secondary N) is 1. The van der Waals surface area contributed by atoms with Crippen LogP contribution in [0.15, 0.2) is 134 Å². The number of hydrogen-bond donors (Lipinski definition) is 2. The van der Waals surface area contributed by atoms with Crippen molar-refractivity contribution in [1.29, 1.82) is 0 Å². The molecule has 9 heteroatoms. The summed E-state index contributed by atoms with van der Waals surface area (Å²) in [4.78, 5) is 25.3. The average Bonchev–Trinajstić information content (AvgIpc) is 3.32. The van der Waals surface area contributed by atoms with Crippen molar-refractivity contribution in [3.05, 3.63) is 134 Å². The van der Waals surface area contributed by atoms with Crippen LogP contribution in [0.4, 0.5) is 0 Å². The lowest BCUT2D eigenvalue weighted by molar-refractivity contribution is -0.870. The molecule has 8 nitrogen and oxygen atoms in total. The smallest absolute Gasteiger partial charge is 0.268 e. The number of hydrogen-bond acceptors (Lipinski definition) is 6. The van der Waals surface area contributed by atoms with Gasteiger partial charge < -0.3 is 28.8 Å². The van der Waals surface area contributed by atoms with Gasteiger partial charge >= 0.3 is 0 Å². The van der Waals surface area contributed by atoms with Crippen molar-refractivity contribution in [3.63, 3.8) is 0 Å². The van der Waals surface area contributed by atoms with E-state index in [0.717, 1.165) is 103 Å². The summed E-state index contributed by atoms with van der Waals surface area (Å²) in [5.41, 5.74) is 0. The summed E-state index contributed by atoms with van der Waals surface area (Å²) in [6.45, 7) is 4.43. The predicted octanol–water partition coefficient (Wildman–Crippen LogP) is 16.1.